The average Bonchev–Trinajstić information content (AvgIpc) is 3.08. The summed E-state index contributed by atoms with van der Waals surface area (Å²) in [5.41, 5.74) is 3.48. The van der Waals surface area contributed by atoms with Crippen LogP contribution in [-0.2, 0) is 10.0 Å². The van der Waals surface area contributed by atoms with Crippen LogP contribution in [-0.4, -0.2) is 15.5 Å². The number of aryl methyl sites for hydroxylation is 1. The van der Waals surface area contributed by atoms with E-state index in [1.54, 1.807) is 25.3 Å². The van der Waals surface area contributed by atoms with Crippen molar-refractivity contribution in [1.82, 2.24) is 0 Å². The second kappa shape index (κ2) is 7.41. The molecule has 0 aromatic heterocycles. The van der Waals surface area contributed by atoms with Crippen molar-refractivity contribution in [2.45, 2.75) is 23.8 Å². The number of nitrogens with zero attached hydrogens (tertiary/aromatic N) is 1. The molecule has 0 fully saturated rings. The van der Waals surface area contributed by atoms with E-state index >= 15 is 0 Å². The zero-order valence-electron chi connectivity index (χ0n) is 16.4. The Morgan fingerprint density at radius 3 is 2.31 bits per heavy atom. The molecule has 0 amide bonds. The lowest BCUT2D eigenvalue weighted by molar-refractivity contribution is 0.415. The topological polar surface area (TPSA) is 46.6 Å². The fourth-order valence-corrected chi connectivity index (χ4v) is 5.62. The number of hydrogen-bond acceptors (Lipinski definition) is 3. The summed E-state index contributed by atoms with van der Waals surface area (Å²) >= 11 is 0. The Kier molecular flexibility index (Phi) is 4.92. The summed E-state index contributed by atoms with van der Waals surface area (Å²) in [5, 5.41) is 0. The number of benzene rings is 3. The Hall–Kier alpha value is -3.05. The molecule has 29 heavy (non-hydrogen) atoms. The Bertz CT molecular complexity index is 1140. The van der Waals surface area contributed by atoms with Gasteiger partial charge >= 0.3 is 0 Å². The van der Waals surface area contributed by atoms with Crippen LogP contribution in [0.1, 0.15) is 28.7 Å². The first-order chi connectivity index (χ1) is 14.0. The third-order valence-electron chi connectivity index (χ3n) is 5.40. The third kappa shape index (κ3) is 3.21. The van der Waals surface area contributed by atoms with E-state index in [-0.39, 0.29) is 10.8 Å². The molecule has 1 heterocycles. The molecule has 3 aromatic carbocycles. The minimum Gasteiger partial charge on any atom is -0.497 e. The molecule has 0 bridgehead atoms. The lowest BCUT2D eigenvalue weighted by Crippen LogP contribution is -2.33. The molecule has 1 aliphatic heterocycles. The van der Waals surface area contributed by atoms with Gasteiger partial charge in [0, 0.05) is 12.0 Å². The molecule has 0 radical (unpaired) electrons. The van der Waals surface area contributed by atoms with Gasteiger partial charge in [0.05, 0.1) is 23.7 Å². The quantitative estimate of drug-likeness (QED) is 0.547. The Labute approximate surface area is 172 Å². The van der Waals surface area contributed by atoms with E-state index in [1.807, 2.05) is 67.6 Å². The molecule has 0 N–H and O–H groups in total. The predicted molar refractivity (Wildman–Crippen MR) is 116 cm³/mol. The molecule has 0 aliphatic carbocycles. The SMILES string of the molecule is C=C[C@H]1c2ccc(OC)cc2N(S(=O)(=O)c2ccc(C)cc2)[C@@H]1c1ccccc1. The van der Waals surface area contributed by atoms with Crippen LogP contribution < -0.4 is 9.04 Å². The highest BCUT2D eigenvalue weighted by Crippen LogP contribution is 2.52. The monoisotopic (exact) mass is 405 g/mol. The largest absolute Gasteiger partial charge is 0.497 e. The van der Waals surface area contributed by atoms with Crippen molar-refractivity contribution in [3.8, 4) is 5.75 Å². The van der Waals surface area contributed by atoms with Crippen molar-refractivity contribution in [3.63, 3.8) is 0 Å². The summed E-state index contributed by atoms with van der Waals surface area (Å²) in [6.45, 7) is 5.95. The van der Waals surface area contributed by atoms with Gasteiger partial charge in [-0.2, -0.15) is 0 Å². The van der Waals surface area contributed by atoms with Crippen LogP contribution in [0.5, 0.6) is 5.75 Å². The number of methoxy groups -OCH3 is 1. The highest BCUT2D eigenvalue weighted by atomic mass is 32.2. The molecular weight excluding hydrogens is 382 g/mol. The lowest BCUT2D eigenvalue weighted by atomic mass is 9.91. The van der Waals surface area contributed by atoms with Crippen molar-refractivity contribution in [3.05, 3.63) is 102 Å². The summed E-state index contributed by atoms with van der Waals surface area (Å²) in [6, 6.07) is 21.8. The summed E-state index contributed by atoms with van der Waals surface area (Å²) in [5.74, 6) is 0.447. The predicted octanol–water partition coefficient (Wildman–Crippen LogP) is 5.22. The molecule has 0 saturated carbocycles. The number of hydrogen-bond donors (Lipinski definition) is 0. The van der Waals surface area contributed by atoms with E-state index in [0.29, 0.717) is 11.4 Å². The maximum absolute atomic E-state index is 13.8. The van der Waals surface area contributed by atoms with Gasteiger partial charge in [-0.25, -0.2) is 8.42 Å². The fraction of sp³-hybridized carbons (Fsp3) is 0.167. The Morgan fingerprint density at radius 2 is 1.69 bits per heavy atom. The number of sulfonamides is 1. The molecular formula is C24H23NO3S. The smallest absolute Gasteiger partial charge is 0.264 e. The van der Waals surface area contributed by atoms with Crippen LogP contribution in [0.2, 0.25) is 0 Å². The van der Waals surface area contributed by atoms with Crippen LogP contribution in [0.25, 0.3) is 0 Å². The number of fused-ring (bicyclic) bond motifs is 1. The van der Waals surface area contributed by atoms with Crippen LogP contribution in [0.15, 0.2) is 90.3 Å². The van der Waals surface area contributed by atoms with Gasteiger partial charge in [0.1, 0.15) is 5.75 Å². The first-order valence-electron chi connectivity index (χ1n) is 9.44. The lowest BCUT2D eigenvalue weighted by Gasteiger charge is -2.29. The van der Waals surface area contributed by atoms with E-state index in [4.69, 9.17) is 4.74 Å². The molecule has 0 unspecified atom stereocenters. The molecule has 0 spiro atoms. The summed E-state index contributed by atoms with van der Waals surface area (Å²) in [7, 11) is -2.23. The molecule has 5 heteroatoms. The molecule has 1 aliphatic rings. The number of rotatable bonds is 5. The fourth-order valence-electron chi connectivity index (χ4n) is 3.94. The molecule has 3 aromatic rings. The van der Waals surface area contributed by atoms with Crippen molar-refractivity contribution in [2.24, 2.45) is 0 Å². The van der Waals surface area contributed by atoms with Crippen molar-refractivity contribution < 1.29 is 13.2 Å². The maximum Gasteiger partial charge on any atom is 0.264 e. The minimum absolute atomic E-state index is 0.168. The number of ether oxygens (including phenoxy) is 1. The van der Waals surface area contributed by atoms with Gasteiger partial charge in [-0.3, -0.25) is 4.31 Å². The highest BCUT2D eigenvalue weighted by Gasteiger charge is 2.44. The normalized spacial score (nSPS) is 18.3. The van der Waals surface area contributed by atoms with Crippen molar-refractivity contribution in [2.75, 3.05) is 11.4 Å². The van der Waals surface area contributed by atoms with Crippen LogP contribution in [0.3, 0.4) is 0 Å². The van der Waals surface area contributed by atoms with Gasteiger partial charge in [0.15, 0.2) is 0 Å². The zero-order chi connectivity index (χ0) is 20.6. The van der Waals surface area contributed by atoms with Gasteiger partial charge in [0.2, 0.25) is 0 Å². The van der Waals surface area contributed by atoms with Gasteiger partial charge in [-0.05, 0) is 36.2 Å². The zero-order valence-corrected chi connectivity index (χ0v) is 17.3. The molecule has 4 rings (SSSR count). The van der Waals surface area contributed by atoms with E-state index in [0.717, 1.165) is 16.7 Å². The molecule has 148 valence electrons. The Morgan fingerprint density at radius 1 is 1.00 bits per heavy atom. The van der Waals surface area contributed by atoms with Crippen LogP contribution >= 0.6 is 0 Å². The third-order valence-corrected chi connectivity index (χ3v) is 7.21. The standard InChI is InChI=1S/C24H23NO3S/c1-4-21-22-15-12-19(28-3)16-23(22)25(24(21)18-8-6-5-7-9-18)29(26,27)20-13-10-17(2)11-14-20/h4-16,21,24H,1H2,2-3H3/t21-,24+/m0/s1. The summed E-state index contributed by atoms with van der Waals surface area (Å²) < 4.78 is 34.5. The van der Waals surface area contributed by atoms with E-state index < -0.39 is 16.1 Å². The summed E-state index contributed by atoms with van der Waals surface area (Å²) in [6.07, 6.45) is 1.83. The molecule has 2 atom stereocenters. The first-order valence-corrected chi connectivity index (χ1v) is 10.9. The molecule has 4 nitrogen and oxygen atoms in total. The highest BCUT2D eigenvalue weighted by molar-refractivity contribution is 7.92. The van der Waals surface area contributed by atoms with Gasteiger partial charge in [0.25, 0.3) is 10.0 Å². The van der Waals surface area contributed by atoms with Crippen LogP contribution in [0, 0.1) is 6.92 Å². The van der Waals surface area contributed by atoms with E-state index in [1.165, 1.54) is 4.31 Å². The van der Waals surface area contributed by atoms with Crippen LogP contribution in [0.4, 0.5) is 5.69 Å². The van der Waals surface area contributed by atoms with E-state index in [2.05, 4.69) is 6.58 Å². The minimum atomic E-state index is -3.80. The van der Waals surface area contributed by atoms with Crippen molar-refractivity contribution >= 4 is 15.7 Å². The summed E-state index contributed by atoms with van der Waals surface area (Å²) in [4.78, 5) is 0.266. The maximum atomic E-state index is 13.8. The van der Waals surface area contributed by atoms with Crippen molar-refractivity contribution in [1.29, 1.82) is 0 Å². The first kappa shape index (κ1) is 19.3. The average molecular weight is 406 g/mol. The second-order valence-electron chi connectivity index (χ2n) is 7.16. The molecule has 0 saturated heterocycles. The van der Waals surface area contributed by atoms with Gasteiger partial charge < -0.3 is 4.74 Å². The number of anilines is 1. The Balaban J connectivity index is 1.97. The van der Waals surface area contributed by atoms with E-state index in [9.17, 15) is 8.42 Å². The van der Waals surface area contributed by atoms with Gasteiger partial charge in [-0.15, -0.1) is 6.58 Å². The van der Waals surface area contributed by atoms with Gasteiger partial charge in [-0.1, -0.05) is 60.2 Å². The second-order valence-corrected chi connectivity index (χ2v) is 8.97.